The van der Waals surface area contributed by atoms with Gasteiger partial charge in [-0.1, -0.05) is 117 Å². The maximum atomic E-state index is 2.51. The average Bonchev–Trinajstić information content (AvgIpc) is 3.53. The molecule has 0 aromatic heterocycles. The summed E-state index contributed by atoms with van der Waals surface area (Å²) in [6.07, 6.45) is 36.2. The molecule has 0 N–H and O–H groups in total. The van der Waals surface area contributed by atoms with E-state index >= 15 is 0 Å². The second kappa shape index (κ2) is 18.9. The lowest BCUT2D eigenvalue weighted by Crippen LogP contribution is -2.33. The molecule has 0 saturated heterocycles. The Morgan fingerprint density at radius 3 is 1.63 bits per heavy atom. The largest absolute Gasteiger partial charge is 0.335 e. The highest BCUT2D eigenvalue weighted by atomic mass is 15.2. The van der Waals surface area contributed by atoms with Crippen molar-refractivity contribution in [3.05, 3.63) is 241 Å². The molecule has 4 nitrogen and oxygen atoms in total. The Hall–Kier alpha value is -7.04. The third-order valence-corrected chi connectivity index (χ3v) is 12.2. The van der Waals surface area contributed by atoms with Crippen LogP contribution in [-0.4, -0.2) is 6.04 Å². The van der Waals surface area contributed by atoms with Gasteiger partial charge >= 0.3 is 0 Å². The number of allylic oxidation sites excluding steroid dienone is 13. The zero-order chi connectivity index (χ0) is 43.1. The van der Waals surface area contributed by atoms with Crippen LogP contribution in [0.25, 0.3) is 0 Å². The third kappa shape index (κ3) is 9.41. The van der Waals surface area contributed by atoms with Gasteiger partial charge in [0.25, 0.3) is 0 Å². The van der Waals surface area contributed by atoms with Crippen LogP contribution in [0.3, 0.4) is 0 Å². The van der Waals surface area contributed by atoms with Crippen LogP contribution in [0.15, 0.2) is 235 Å². The number of para-hydroxylation sites is 1. The molecule has 314 valence electrons. The molecule has 4 aliphatic rings. The Balaban J connectivity index is 1.12. The summed E-state index contributed by atoms with van der Waals surface area (Å²) in [6, 6.07) is 47.0. The van der Waals surface area contributed by atoms with Crippen LogP contribution in [0, 0.1) is 18.8 Å². The van der Waals surface area contributed by atoms with Crippen molar-refractivity contribution in [1.29, 1.82) is 0 Å². The zero-order valence-electron chi connectivity index (χ0n) is 37.1. The molecule has 0 saturated carbocycles. The van der Waals surface area contributed by atoms with Gasteiger partial charge in [-0.15, -0.1) is 0 Å². The summed E-state index contributed by atoms with van der Waals surface area (Å²) in [4.78, 5) is 9.64. The molecule has 4 heteroatoms. The first-order valence-electron chi connectivity index (χ1n) is 22.7. The van der Waals surface area contributed by atoms with Gasteiger partial charge in [-0.3, -0.25) is 0 Å². The van der Waals surface area contributed by atoms with Gasteiger partial charge in [-0.2, -0.15) is 0 Å². The van der Waals surface area contributed by atoms with E-state index in [9.17, 15) is 0 Å². The minimum absolute atomic E-state index is 0.254. The molecule has 0 fully saturated rings. The van der Waals surface area contributed by atoms with Gasteiger partial charge < -0.3 is 19.6 Å². The smallest absolute Gasteiger partial charge is 0.0562 e. The van der Waals surface area contributed by atoms with Gasteiger partial charge in [-0.25, -0.2) is 0 Å². The predicted molar refractivity (Wildman–Crippen MR) is 270 cm³/mol. The molecule has 5 aromatic carbocycles. The summed E-state index contributed by atoms with van der Waals surface area (Å²) in [5.41, 5.74) is 15.1. The van der Waals surface area contributed by atoms with Crippen molar-refractivity contribution in [2.75, 3.05) is 19.6 Å². The van der Waals surface area contributed by atoms with Gasteiger partial charge in [0, 0.05) is 62.6 Å². The van der Waals surface area contributed by atoms with Crippen LogP contribution in [0.5, 0.6) is 0 Å². The van der Waals surface area contributed by atoms with E-state index in [1.165, 1.54) is 28.2 Å². The molecule has 3 atom stereocenters. The monoisotopic (exact) mass is 822 g/mol. The number of anilines is 8. The van der Waals surface area contributed by atoms with E-state index in [0.717, 1.165) is 71.2 Å². The molecule has 9 rings (SSSR count). The SMILES string of the molecule is CC1=CC(N(C2=CCCC=C2)c2ccc(N(c3ccc(N(C4=CC(C)C=CC=C4)c4ccccc4)cc3)c3ccc(N(C4=CC(C)CC=C4)c4cccc(C)c4)cc3)cc2)CC=C1. The summed E-state index contributed by atoms with van der Waals surface area (Å²) in [7, 11) is 0. The van der Waals surface area contributed by atoms with Crippen molar-refractivity contribution in [3.63, 3.8) is 0 Å². The topological polar surface area (TPSA) is 13.0 Å². The normalized spacial score (nSPS) is 19.1. The van der Waals surface area contributed by atoms with Gasteiger partial charge in [0.05, 0.1) is 6.04 Å². The quantitative estimate of drug-likeness (QED) is 0.124. The van der Waals surface area contributed by atoms with Crippen molar-refractivity contribution in [3.8, 4) is 0 Å². The van der Waals surface area contributed by atoms with Gasteiger partial charge in [0.15, 0.2) is 0 Å². The number of aryl methyl sites for hydroxylation is 1. The zero-order valence-corrected chi connectivity index (χ0v) is 37.1. The molecule has 0 radical (unpaired) electrons. The van der Waals surface area contributed by atoms with Gasteiger partial charge in [-0.05, 0) is 172 Å². The number of rotatable bonds is 12. The summed E-state index contributed by atoms with van der Waals surface area (Å²) in [5.74, 6) is 0.787. The highest BCUT2D eigenvalue weighted by molar-refractivity contribution is 5.82. The molecule has 63 heavy (non-hydrogen) atoms. The van der Waals surface area contributed by atoms with Crippen LogP contribution >= 0.6 is 0 Å². The van der Waals surface area contributed by atoms with E-state index in [1.807, 2.05) is 0 Å². The maximum Gasteiger partial charge on any atom is 0.0562 e. The number of hydrogen-bond donors (Lipinski definition) is 0. The molecule has 4 aliphatic carbocycles. The molecule has 3 unspecified atom stereocenters. The van der Waals surface area contributed by atoms with Crippen molar-refractivity contribution >= 4 is 45.5 Å². The fourth-order valence-corrected chi connectivity index (χ4v) is 9.15. The van der Waals surface area contributed by atoms with Crippen LogP contribution in [-0.2, 0) is 0 Å². The molecule has 0 bridgehead atoms. The van der Waals surface area contributed by atoms with E-state index in [0.29, 0.717) is 11.8 Å². The summed E-state index contributed by atoms with van der Waals surface area (Å²) in [6.45, 7) is 8.90. The number of nitrogens with zero attached hydrogens (tertiary/aromatic N) is 4. The molecule has 0 heterocycles. The van der Waals surface area contributed by atoms with Crippen molar-refractivity contribution in [2.45, 2.75) is 59.4 Å². The van der Waals surface area contributed by atoms with Crippen molar-refractivity contribution in [2.24, 2.45) is 11.8 Å². The van der Waals surface area contributed by atoms with E-state index in [1.54, 1.807) is 0 Å². The minimum atomic E-state index is 0.254. The fourth-order valence-electron chi connectivity index (χ4n) is 9.15. The van der Waals surface area contributed by atoms with Crippen molar-refractivity contribution < 1.29 is 0 Å². The second-order valence-electron chi connectivity index (χ2n) is 17.2. The first kappa shape index (κ1) is 41.3. The Bertz CT molecular complexity index is 2670. The van der Waals surface area contributed by atoms with Crippen LogP contribution in [0.2, 0.25) is 0 Å². The average molecular weight is 823 g/mol. The summed E-state index contributed by atoms with van der Waals surface area (Å²) >= 11 is 0. The van der Waals surface area contributed by atoms with E-state index in [4.69, 9.17) is 0 Å². The van der Waals surface area contributed by atoms with Crippen molar-refractivity contribution in [1.82, 2.24) is 0 Å². The summed E-state index contributed by atoms with van der Waals surface area (Å²) in [5, 5.41) is 0. The highest BCUT2D eigenvalue weighted by Gasteiger charge is 2.24. The second-order valence-corrected chi connectivity index (χ2v) is 17.2. The number of hydrogen-bond acceptors (Lipinski definition) is 4. The lowest BCUT2D eigenvalue weighted by atomic mass is 9.99. The van der Waals surface area contributed by atoms with Crippen LogP contribution < -0.4 is 19.6 Å². The molecule has 5 aromatic rings. The Kier molecular flexibility index (Phi) is 12.4. The fraction of sp³-hybridized carbons (Fsp3) is 0.186. The molecular formula is C59H58N4. The lowest BCUT2D eigenvalue weighted by Gasteiger charge is -2.35. The van der Waals surface area contributed by atoms with Gasteiger partial charge in [0.2, 0.25) is 0 Å². The Morgan fingerprint density at radius 2 is 1.02 bits per heavy atom. The van der Waals surface area contributed by atoms with E-state index in [2.05, 4.69) is 260 Å². The van der Waals surface area contributed by atoms with E-state index in [-0.39, 0.29) is 6.04 Å². The highest BCUT2D eigenvalue weighted by Crippen LogP contribution is 2.42. The third-order valence-electron chi connectivity index (χ3n) is 12.2. The van der Waals surface area contributed by atoms with Crippen LogP contribution in [0.4, 0.5) is 45.5 Å². The van der Waals surface area contributed by atoms with Crippen LogP contribution in [0.1, 0.15) is 52.0 Å². The van der Waals surface area contributed by atoms with Gasteiger partial charge in [0.1, 0.15) is 0 Å². The Labute approximate surface area is 375 Å². The molecule has 0 amide bonds. The molecule has 0 spiro atoms. The first-order valence-corrected chi connectivity index (χ1v) is 22.7. The first-order chi connectivity index (χ1) is 30.9. The predicted octanol–water partition coefficient (Wildman–Crippen LogP) is 16.2. The van der Waals surface area contributed by atoms with E-state index < -0.39 is 0 Å². The molecular weight excluding hydrogens is 765 g/mol. The lowest BCUT2D eigenvalue weighted by molar-refractivity contribution is 0.726. The number of benzene rings is 5. The standard InChI is InChI=1S/C59H58N4/c1-44-16-11-12-24-56(40-44)61(48-20-7-5-8-21-48)53-34-28-50(29-35-53)60(51-30-36-54(37-31-51)62(49-22-9-6-10-23-49)57-25-13-17-45(2)41-57)52-32-38-55(39-33-52)63(58-26-14-18-46(3)42-58)59-27-15-19-47(4)43-59/h5,7-9,11-18,20-24,26-44,47,57H,6,10,19,25H2,1-4H3. The summed E-state index contributed by atoms with van der Waals surface area (Å²) < 4.78 is 0. The minimum Gasteiger partial charge on any atom is -0.335 e. The maximum absolute atomic E-state index is 2.51. The molecule has 0 aliphatic heterocycles. The Morgan fingerprint density at radius 1 is 0.444 bits per heavy atom.